The molecule has 0 amide bonds. The minimum atomic E-state index is -2.14. The van der Waals surface area contributed by atoms with Gasteiger partial charge in [-0.05, 0) is 13.8 Å². The first-order chi connectivity index (χ1) is 3.13. The molecule has 3 nitrogen and oxygen atoms in total. The zero-order valence-electron chi connectivity index (χ0n) is 4.33. The Morgan fingerprint density at radius 1 is 1.38 bits per heavy atom. The molecule has 0 aromatic carbocycles. The van der Waals surface area contributed by atoms with E-state index >= 15 is 0 Å². The van der Waals surface area contributed by atoms with Gasteiger partial charge in [0.1, 0.15) is 0 Å². The molecule has 50 valence electrons. The molecule has 0 saturated heterocycles. The number of hydrogen-bond acceptors (Lipinski definition) is 3. The maximum absolute atomic E-state index is 8.12. The van der Waals surface area contributed by atoms with Crippen LogP contribution in [0.4, 0.5) is 0 Å². The van der Waals surface area contributed by atoms with Crippen LogP contribution in [0.15, 0.2) is 0 Å². The van der Waals surface area contributed by atoms with E-state index in [4.69, 9.17) is 9.79 Å². The third-order valence-corrected chi connectivity index (χ3v) is 0.915. The highest BCUT2D eigenvalue weighted by Crippen LogP contribution is 2.25. The van der Waals surface area contributed by atoms with Gasteiger partial charge in [-0.3, -0.25) is 0 Å². The summed E-state index contributed by atoms with van der Waals surface area (Å²) < 4.78 is 4.43. The molecule has 0 unspecified atom stereocenters. The molecule has 0 heterocycles. The van der Waals surface area contributed by atoms with Crippen LogP contribution in [0.25, 0.3) is 0 Å². The van der Waals surface area contributed by atoms with Crippen molar-refractivity contribution in [1.29, 1.82) is 0 Å². The molecule has 0 rings (SSSR count). The first-order valence-corrected chi connectivity index (χ1v) is 3.14. The topological polar surface area (TPSA) is 49.7 Å². The highest BCUT2D eigenvalue weighted by Gasteiger charge is 2.00. The van der Waals surface area contributed by atoms with Crippen LogP contribution in [-0.4, -0.2) is 33.3 Å². The van der Waals surface area contributed by atoms with Crippen LogP contribution < -0.4 is 0 Å². The fraction of sp³-hybridized carbons (Fsp3) is 1.00. The van der Waals surface area contributed by atoms with Crippen LogP contribution in [0, 0.1) is 0 Å². The smallest absolute Gasteiger partial charge is 0.327 e. The second kappa shape index (κ2) is 5.97. The van der Waals surface area contributed by atoms with E-state index in [0.29, 0.717) is 0 Å². The van der Waals surface area contributed by atoms with Crippen LogP contribution in [0.2, 0.25) is 0 Å². The summed E-state index contributed by atoms with van der Waals surface area (Å²) in [6.45, 7) is 3.48. The Morgan fingerprint density at radius 3 is 1.75 bits per heavy atom. The van der Waals surface area contributed by atoms with E-state index in [1.165, 1.54) is 0 Å². The molecule has 0 atom stereocenters. The van der Waals surface area contributed by atoms with Crippen molar-refractivity contribution in [2.45, 2.75) is 20.0 Å². The van der Waals surface area contributed by atoms with Crippen molar-refractivity contribution in [3.8, 4) is 0 Å². The largest absolute Gasteiger partial charge is 0.328 e. The number of hydrogen-bond donors (Lipinski definition) is 2. The Labute approximate surface area is 60.8 Å². The monoisotopic (exact) mass is 154 g/mol. The molecule has 0 saturated carbocycles. The fourth-order valence-corrected chi connectivity index (χ4v) is 0.566. The minimum absolute atomic E-state index is 0. The standard InChI is InChI=1S/C3H9O3P.Al.3H/c1-3(2)6-7(4)5;;;;/h3-5H,1-2H3;;;;. The lowest BCUT2D eigenvalue weighted by molar-refractivity contribution is 0.201. The zero-order chi connectivity index (χ0) is 5.86. The maximum Gasteiger partial charge on any atom is 0.327 e. The van der Waals surface area contributed by atoms with Crippen LogP contribution in [-0.2, 0) is 4.52 Å². The normalized spacial score (nSPS) is 9.75. The van der Waals surface area contributed by atoms with Gasteiger partial charge in [-0.15, -0.1) is 0 Å². The van der Waals surface area contributed by atoms with Gasteiger partial charge in [-0.1, -0.05) is 0 Å². The second-order valence-corrected chi connectivity index (χ2v) is 2.12. The third kappa shape index (κ3) is 9.96. The minimum Gasteiger partial charge on any atom is -0.328 e. The summed E-state index contributed by atoms with van der Waals surface area (Å²) in [6.07, 6.45) is -0.0962. The molecule has 2 N–H and O–H groups in total. The van der Waals surface area contributed by atoms with E-state index in [1.807, 2.05) is 0 Å². The molecule has 0 fully saturated rings. The van der Waals surface area contributed by atoms with Crippen molar-refractivity contribution in [3.63, 3.8) is 0 Å². The maximum atomic E-state index is 8.12. The molecule has 0 aromatic rings. The average Bonchev–Trinajstić information content (AvgIpc) is 1.27. The van der Waals surface area contributed by atoms with Gasteiger partial charge in [-0.25, -0.2) is 0 Å². The Bertz CT molecular complexity index is 43.8. The molecule has 0 aliphatic rings. The van der Waals surface area contributed by atoms with Crippen LogP contribution in [0.3, 0.4) is 0 Å². The summed E-state index contributed by atoms with van der Waals surface area (Å²) in [5.41, 5.74) is 0. The van der Waals surface area contributed by atoms with Crippen molar-refractivity contribution in [3.05, 3.63) is 0 Å². The van der Waals surface area contributed by atoms with E-state index in [0.717, 1.165) is 0 Å². The number of rotatable bonds is 2. The summed E-state index contributed by atoms with van der Waals surface area (Å²) >= 11 is 0. The van der Waals surface area contributed by atoms with Crippen molar-refractivity contribution in [2.75, 3.05) is 0 Å². The van der Waals surface area contributed by atoms with Gasteiger partial charge in [0.05, 0.1) is 6.10 Å². The van der Waals surface area contributed by atoms with E-state index in [-0.39, 0.29) is 23.5 Å². The molecule has 5 heteroatoms. The summed E-state index contributed by atoms with van der Waals surface area (Å²) in [5.74, 6) is 0. The molecular weight excluding hydrogens is 142 g/mol. The van der Waals surface area contributed by atoms with Gasteiger partial charge in [-0.2, -0.15) is 0 Å². The zero-order valence-corrected chi connectivity index (χ0v) is 5.22. The average molecular weight is 154 g/mol. The van der Waals surface area contributed by atoms with Gasteiger partial charge in [0, 0.05) is 0 Å². The highest BCUT2D eigenvalue weighted by atomic mass is 31.2. The summed E-state index contributed by atoms with van der Waals surface area (Å²) in [6, 6.07) is 0. The Morgan fingerprint density at radius 2 is 1.75 bits per heavy atom. The first-order valence-electron chi connectivity index (χ1n) is 1.97. The quantitative estimate of drug-likeness (QED) is 0.414. The Kier molecular flexibility index (Phi) is 8.67. The van der Waals surface area contributed by atoms with Crippen molar-refractivity contribution >= 4 is 26.0 Å². The molecule has 0 bridgehead atoms. The van der Waals surface area contributed by atoms with Gasteiger partial charge in [0.15, 0.2) is 17.4 Å². The predicted octanol–water partition coefficient (Wildman–Crippen LogP) is -0.561. The van der Waals surface area contributed by atoms with Crippen molar-refractivity contribution in [2.24, 2.45) is 0 Å². The van der Waals surface area contributed by atoms with Crippen LogP contribution in [0.5, 0.6) is 0 Å². The highest BCUT2D eigenvalue weighted by molar-refractivity contribution is 7.39. The van der Waals surface area contributed by atoms with E-state index in [1.54, 1.807) is 13.8 Å². The van der Waals surface area contributed by atoms with Gasteiger partial charge in [0.2, 0.25) is 0 Å². The summed E-state index contributed by atoms with van der Waals surface area (Å²) in [7, 11) is -2.14. The second-order valence-electron chi connectivity index (χ2n) is 1.41. The van der Waals surface area contributed by atoms with Crippen LogP contribution in [0.1, 0.15) is 13.8 Å². The fourth-order valence-electron chi connectivity index (χ4n) is 0.189. The molecule has 0 aliphatic carbocycles. The van der Waals surface area contributed by atoms with Gasteiger partial charge in [0.25, 0.3) is 0 Å². The third-order valence-electron chi connectivity index (χ3n) is 0.305. The van der Waals surface area contributed by atoms with E-state index in [9.17, 15) is 0 Å². The first kappa shape index (κ1) is 11.6. The summed E-state index contributed by atoms with van der Waals surface area (Å²) in [5, 5.41) is 0. The predicted molar refractivity (Wildman–Crippen MR) is 37.5 cm³/mol. The molecule has 0 spiro atoms. The molecule has 0 radical (unpaired) electrons. The SMILES string of the molecule is CC(C)OP(O)O.[AlH3]. The van der Waals surface area contributed by atoms with E-state index < -0.39 is 8.60 Å². The summed E-state index contributed by atoms with van der Waals surface area (Å²) in [4.78, 5) is 16.2. The van der Waals surface area contributed by atoms with E-state index in [2.05, 4.69) is 4.52 Å². The van der Waals surface area contributed by atoms with Gasteiger partial charge < -0.3 is 14.3 Å². The molecular formula is C3H12AlO3P. The molecule has 0 aliphatic heterocycles. The molecule has 8 heavy (non-hydrogen) atoms. The molecule has 0 aromatic heterocycles. The Balaban J connectivity index is 0. The van der Waals surface area contributed by atoms with Gasteiger partial charge >= 0.3 is 8.60 Å². The Hall–Kier alpha value is 0.842. The lowest BCUT2D eigenvalue weighted by Crippen LogP contribution is -1.95. The van der Waals surface area contributed by atoms with Crippen molar-refractivity contribution < 1.29 is 14.3 Å². The lowest BCUT2D eigenvalue weighted by Gasteiger charge is -2.04. The van der Waals surface area contributed by atoms with Crippen molar-refractivity contribution in [1.82, 2.24) is 0 Å². The lowest BCUT2D eigenvalue weighted by atomic mass is 10.5. The van der Waals surface area contributed by atoms with Crippen LogP contribution >= 0.6 is 8.60 Å².